The van der Waals surface area contributed by atoms with Gasteiger partial charge in [-0.25, -0.2) is 14.4 Å². The highest BCUT2D eigenvalue weighted by Gasteiger charge is 2.28. The van der Waals surface area contributed by atoms with Gasteiger partial charge in [-0.1, -0.05) is 34.1 Å². The Morgan fingerprint density at radius 3 is 1.23 bits per heavy atom. The second-order valence-corrected chi connectivity index (χ2v) is 21.5. The van der Waals surface area contributed by atoms with Crippen molar-refractivity contribution in [3.63, 3.8) is 0 Å². The number of rotatable bonds is 6. The molecule has 16 heteroatoms. The summed E-state index contributed by atoms with van der Waals surface area (Å²) in [4.78, 5) is 45.5. The molecule has 0 spiro atoms. The minimum absolute atomic E-state index is 0.200. The third-order valence-corrected chi connectivity index (χ3v) is 11.8. The van der Waals surface area contributed by atoms with Gasteiger partial charge in [-0.15, -0.1) is 0 Å². The Bertz CT molecular complexity index is 2230. The van der Waals surface area contributed by atoms with Gasteiger partial charge in [-0.3, -0.25) is 0 Å². The summed E-state index contributed by atoms with van der Waals surface area (Å²) in [6.07, 6.45) is 1.20. The molecule has 0 saturated carbocycles. The highest BCUT2D eigenvalue weighted by atomic mass is 79.9. The number of ether oxygens (including phenoxy) is 3. The summed E-state index contributed by atoms with van der Waals surface area (Å²) in [5.41, 5.74) is 13.8. The average Bonchev–Trinajstić information content (AvgIpc) is 3.28. The summed E-state index contributed by atoms with van der Waals surface area (Å²) in [5.74, 6) is 0. The number of amides is 3. The SMILES string of the molecule is CC(C)(C)OC(=O)N1CCNCC1.Cc1cc(Br)ccc1CC#N.Cc1cc(N2CCN(C(=O)OC(C)(C)C)CC2)ccc1CC#N.Cc1cc(N2CCN(C(=O)OC(C)(C)C)CC2)ccc1CCN. The zero-order chi connectivity index (χ0) is 52.2. The van der Waals surface area contributed by atoms with E-state index in [4.69, 9.17) is 30.5 Å². The Labute approximate surface area is 427 Å². The van der Waals surface area contributed by atoms with Crippen molar-refractivity contribution in [1.82, 2.24) is 20.0 Å². The van der Waals surface area contributed by atoms with Crippen LogP contribution in [0.4, 0.5) is 25.8 Å². The third-order valence-electron chi connectivity index (χ3n) is 11.3. The van der Waals surface area contributed by atoms with Crippen LogP contribution in [0.3, 0.4) is 0 Å². The van der Waals surface area contributed by atoms with E-state index in [1.54, 1.807) is 14.7 Å². The fraction of sp³-hybridized carbons (Fsp3) is 0.574. The van der Waals surface area contributed by atoms with Gasteiger partial charge in [-0.2, -0.15) is 10.5 Å². The lowest BCUT2D eigenvalue weighted by Crippen LogP contribution is -2.50. The molecular formula is C54H80BrN9O6. The van der Waals surface area contributed by atoms with Crippen LogP contribution in [-0.4, -0.2) is 135 Å². The fourth-order valence-corrected chi connectivity index (χ4v) is 8.01. The van der Waals surface area contributed by atoms with Crippen LogP contribution in [0.2, 0.25) is 0 Å². The molecule has 0 bridgehead atoms. The zero-order valence-corrected chi connectivity index (χ0v) is 45.6. The maximum Gasteiger partial charge on any atom is 0.410 e. The fourth-order valence-electron chi connectivity index (χ4n) is 7.54. The van der Waals surface area contributed by atoms with Gasteiger partial charge in [0.05, 0.1) is 25.0 Å². The number of nitrogens with zero attached hydrogens (tertiary/aromatic N) is 7. The van der Waals surface area contributed by atoms with Gasteiger partial charge >= 0.3 is 18.3 Å². The predicted molar refractivity (Wildman–Crippen MR) is 283 cm³/mol. The van der Waals surface area contributed by atoms with Crippen LogP contribution in [-0.2, 0) is 33.5 Å². The van der Waals surface area contributed by atoms with E-state index >= 15 is 0 Å². The van der Waals surface area contributed by atoms with Crippen LogP contribution >= 0.6 is 15.9 Å². The summed E-state index contributed by atoms with van der Waals surface area (Å²) in [6, 6.07) is 23.0. The van der Waals surface area contributed by atoms with Gasteiger partial charge in [0.2, 0.25) is 0 Å². The number of nitrogens with two attached hydrogens (primary N) is 1. The quantitative estimate of drug-likeness (QED) is 0.224. The van der Waals surface area contributed by atoms with Gasteiger partial charge in [0.25, 0.3) is 0 Å². The standard InChI is InChI=1S/C18H29N3O2.C18H25N3O2.C9H8BrN.C9H18N2O2/c2*1-14-13-16(6-5-15(14)7-8-19)20-9-11-21(12-10-20)17(22)23-18(2,3)4;1-7-6-9(10)3-2-8(7)4-5-11;1-9(2,3)13-8(12)11-6-4-10-5-7-11/h5-6,13H,7-12,19H2,1-4H3;5-6,13H,7,9-12H2,1-4H3;2-3,6H,4H2,1H3;10H,4-7H2,1-3H3. The van der Waals surface area contributed by atoms with Crippen molar-refractivity contribution in [3.8, 4) is 12.1 Å². The molecule has 15 nitrogen and oxygen atoms in total. The first-order valence-corrected chi connectivity index (χ1v) is 25.1. The van der Waals surface area contributed by atoms with Gasteiger partial charge in [0.1, 0.15) is 16.8 Å². The summed E-state index contributed by atoms with van der Waals surface area (Å²) in [5, 5.41) is 20.4. The van der Waals surface area contributed by atoms with Crippen molar-refractivity contribution < 1.29 is 28.6 Å². The van der Waals surface area contributed by atoms with Crippen LogP contribution in [0.5, 0.6) is 0 Å². The molecule has 3 aromatic rings. The topological polar surface area (TPSA) is 181 Å². The number of aryl methyl sites for hydroxylation is 3. The smallest absolute Gasteiger partial charge is 0.410 e. The van der Waals surface area contributed by atoms with Crippen molar-refractivity contribution in [3.05, 3.63) is 92.5 Å². The normalized spacial score (nSPS) is 15.1. The summed E-state index contributed by atoms with van der Waals surface area (Å²) in [6.45, 7) is 33.0. The number of carbonyl (C=O) groups is 3. The molecule has 6 rings (SSSR count). The molecule has 3 fully saturated rings. The molecular weight excluding hydrogens is 951 g/mol. The number of piperazine rings is 3. The number of nitrogens with one attached hydrogen (secondary N) is 1. The molecule has 3 saturated heterocycles. The van der Waals surface area contributed by atoms with E-state index in [9.17, 15) is 14.4 Å². The van der Waals surface area contributed by atoms with Gasteiger partial charge in [0, 0.05) is 94.4 Å². The molecule has 3 N–H and O–H groups in total. The Hall–Kier alpha value is -5.55. The molecule has 384 valence electrons. The number of carbonyl (C=O) groups excluding carboxylic acids is 3. The molecule has 3 amide bonds. The molecule has 0 aromatic heterocycles. The van der Waals surface area contributed by atoms with Gasteiger partial charge in [0.15, 0.2) is 0 Å². The number of hydrogen-bond acceptors (Lipinski definition) is 12. The lowest BCUT2D eigenvalue weighted by Gasteiger charge is -2.37. The molecule has 3 heterocycles. The van der Waals surface area contributed by atoms with E-state index in [1.165, 1.54) is 22.4 Å². The molecule has 0 aliphatic carbocycles. The number of nitriles is 2. The lowest BCUT2D eigenvalue weighted by molar-refractivity contribution is 0.0221. The highest BCUT2D eigenvalue weighted by Crippen LogP contribution is 2.24. The minimum Gasteiger partial charge on any atom is -0.444 e. The molecule has 3 aliphatic heterocycles. The van der Waals surface area contributed by atoms with E-state index in [2.05, 4.69) is 80.4 Å². The van der Waals surface area contributed by atoms with E-state index in [1.807, 2.05) is 100 Å². The minimum atomic E-state index is -0.456. The summed E-state index contributed by atoms with van der Waals surface area (Å²) in [7, 11) is 0. The Morgan fingerprint density at radius 2 is 0.900 bits per heavy atom. The van der Waals surface area contributed by atoms with Crippen molar-refractivity contribution in [2.45, 2.75) is 119 Å². The van der Waals surface area contributed by atoms with Crippen molar-refractivity contribution in [1.29, 1.82) is 10.5 Å². The molecule has 3 aromatic carbocycles. The number of benzene rings is 3. The molecule has 70 heavy (non-hydrogen) atoms. The number of hydrogen-bond donors (Lipinski definition) is 2. The first-order valence-electron chi connectivity index (χ1n) is 24.4. The zero-order valence-electron chi connectivity index (χ0n) is 44.0. The average molecular weight is 1030 g/mol. The summed E-state index contributed by atoms with van der Waals surface area (Å²) >= 11 is 3.36. The maximum absolute atomic E-state index is 12.1. The first-order chi connectivity index (χ1) is 32.8. The van der Waals surface area contributed by atoms with Crippen LogP contribution in [0.25, 0.3) is 0 Å². The van der Waals surface area contributed by atoms with Gasteiger partial charge in [-0.05, 0) is 166 Å². The van der Waals surface area contributed by atoms with Crippen LogP contribution in [0.1, 0.15) is 95.7 Å². The largest absolute Gasteiger partial charge is 0.444 e. The van der Waals surface area contributed by atoms with E-state index in [0.29, 0.717) is 45.6 Å². The van der Waals surface area contributed by atoms with Crippen molar-refractivity contribution in [2.75, 3.05) is 94.9 Å². The second kappa shape index (κ2) is 27.7. The Balaban J connectivity index is 0.000000258. The maximum atomic E-state index is 12.1. The number of anilines is 2. The molecule has 0 radical (unpaired) electrons. The van der Waals surface area contributed by atoms with Crippen LogP contribution in [0.15, 0.2) is 59.1 Å². The van der Waals surface area contributed by atoms with E-state index in [0.717, 1.165) is 85.6 Å². The summed E-state index contributed by atoms with van der Waals surface area (Å²) < 4.78 is 17.2. The highest BCUT2D eigenvalue weighted by molar-refractivity contribution is 9.10. The third kappa shape index (κ3) is 21.2. The van der Waals surface area contributed by atoms with E-state index < -0.39 is 11.2 Å². The predicted octanol–water partition coefficient (Wildman–Crippen LogP) is 9.32. The van der Waals surface area contributed by atoms with Crippen LogP contribution < -0.4 is 20.9 Å². The van der Waals surface area contributed by atoms with E-state index in [-0.39, 0.29) is 23.9 Å². The lowest BCUT2D eigenvalue weighted by atomic mass is 10.0. The number of halogens is 1. The monoisotopic (exact) mass is 1030 g/mol. The Kier molecular flexibility index (Phi) is 23.3. The second-order valence-electron chi connectivity index (χ2n) is 20.6. The molecule has 0 atom stereocenters. The molecule has 0 unspecified atom stereocenters. The first kappa shape index (κ1) is 58.8. The van der Waals surface area contributed by atoms with Crippen LogP contribution in [0, 0.1) is 43.4 Å². The van der Waals surface area contributed by atoms with Gasteiger partial charge < -0.3 is 49.8 Å². The van der Waals surface area contributed by atoms with Crippen molar-refractivity contribution >= 4 is 45.6 Å². The Morgan fingerprint density at radius 1 is 0.557 bits per heavy atom. The van der Waals surface area contributed by atoms with Crippen molar-refractivity contribution in [2.24, 2.45) is 5.73 Å². The molecule has 3 aliphatic rings.